The van der Waals surface area contributed by atoms with E-state index in [1.807, 2.05) is 23.9 Å². The zero-order valence-corrected chi connectivity index (χ0v) is 15.4. The van der Waals surface area contributed by atoms with Gasteiger partial charge in [-0.25, -0.2) is 4.39 Å². The van der Waals surface area contributed by atoms with Crippen LogP contribution in [0.15, 0.2) is 88.7 Å². The van der Waals surface area contributed by atoms with Crippen LogP contribution in [0.25, 0.3) is 5.57 Å². The summed E-state index contributed by atoms with van der Waals surface area (Å²) in [6.45, 7) is 2.85. The number of hydrogen-bond acceptors (Lipinski definition) is 2. The molecule has 0 bridgehead atoms. The highest BCUT2D eigenvalue weighted by molar-refractivity contribution is 7.99. The Bertz CT molecular complexity index is 899. The Balaban J connectivity index is 1.58. The fourth-order valence-electron chi connectivity index (χ4n) is 3.25. The standard InChI is InChI=1S/C23H20FNS/c1-16(17-10-12-18(24)13-11-17)25-15-14-19-20-6-2-4-8-22(20)26-23-9-5-3-7-21(19)23/h2-14,16,25H,15H2,1H3. The molecule has 0 spiro atoms. The zero-order chi connectivity index (χ0) is 17.9. The van der Waals surface area contributed by atoms with Crippen molar-refractivity contribution < 1.29 is 4.39 Å². The number of halogens is 1. The molecule has 1 atom stereocenters. The van der Waals surface area contributed by atoms with Crippen molar-refractivity contribution in [3.8, 4) is 0 Å². The molecule has 0 aromatic heterocycles. The van der Waals surface area contributed by atoms with Crippen LogP contribution in [-0.4, -0.2) is 6.54 Å². The number of hydrogen-bond donors (Lipinski definition) is 1. The molecular weight excluding hydrogens is 341 g/mol. The third kappa shape index (κ3) is 3.46. The van der Waals surface area contributed by atoms with E-state index >= 15 is 0 Å². The molecule has 1 aliphatic heterocycles. The Morgan fingerprint density at radius 3 is 2.08 bits per heavy atom. The molecule has 130 valence electrons. The van der Waals surface area contributed by atoms with Crippen LogP contribution in [0.3, 0.4) is 0 Å². The fraction of sp³-hybridized carbons (Fsp3) is 0.130. The summed E-state index contributed by atoms with van der Waals surface area (Å²) in [5, 5.41) is 3.52. The Hall–Kier alpha value is -2.36. The number of rotatable bonds is 4. The first kappa shape index (κ1) is 17.1. The van der Waals surface area contributed by atoms with Gasteiger partial charge in [0.25, 0.3) is 0 Å². The van der Waals surface area contributed by atoms with Crippen molar-refractivity contribution in [1.82, 2.24) is 5.32 Å². The van der Waals surface area contributed by atoms with E-state index < -0.39 is 0 Å². The summed E-state index contributed by atoms with van der Waals surface area (Å²) in [6.07, 6.45) is 2.26. The van der Waals surface area contributed by atoms with E-state index in [4.69, 9.17) is 0 Å². The van der Waals surface area contributed by atoms with Crippen molar-refractivity contribution in [3.05, 3.63) is 101 Å². The molecule has 26 heavy (non-hydrogen) atoms. The van der Waals surface area contributed by atoms with E-state index in [1.165, 1.54) is 38.6 Å². The van der Waals surface area contributed by atoms with Gasteiger partial charge >= 0.3 is 0 Å². The molecular formula is C23H20FNS. The SMILES string of the molecule is CC(NCC=C1c2ccccc2Sc2ccccc21)c1ccc(F)cc1. The van der Waals surface area contributed by atoms with Crippen LogP contribution in [0.2, 0.25) is 0 Å². The van der Waals surface area contributed by atoms with E-state index in [1.54, 1.807) is 0 Å². The molecule has 1 nitrogen and oxygen atoms in total. The first-order valence-electron chi connectivity index (χ1n) is 8.78. The lowest BCUT2D eigenvalue weighted by Crippen LogP contribution is -2.19. The monoisotopic (exact) mass is 361 g/mol. The highest BCUT2D eigenvalue weighted by Crippen LogP contribution is 2.44. The molecule has 0 fully saturated rings. The van der Waals surface area contributed by atoms with Crippen LogP contribution in [0.1, 0.15) is 29.7 Å². The lowest BCUT2D eigenvalue weighted by atomic mass is 9.96. The van der Waals surface area contributed by atoms with Crippen LogP contribution in [0.4, 0.5) is 4.39 Å². The third-order valence-electron chi connectivity index (χ3n) is 4.67. The maximum Gasteiger partial charge on any atom is 0.123 e. The van der Waals surface area contributed by atoms with E-state index in [-0.39, 0.29) is 11.9 Å². The van der Waals surface area contributed by atoms with Crippen molar-refractivity contribution >= 4 is 17.3 Å². The van der Waals surface area contributed by atoms with Gasteiger partial charge in [-0.1, -0.05) is 66.4 Å². The summed E-state index contributed by atoms with van der Waals surface area (Å²) in [7, 11) is 0. The van der Waals surface area contributed by atoms with Gasteiger partial charge in [-0.05, 0) is 53.5 Å². The Kier molecular flexibility index (Phi) is 4.91. The molecule has 0 saturated carbocycles. The maximum absolute atomic E-state index is 13.1. The average molecular weight is 361 g/mol. The minimum absolute atomic E-state index is 0.163. The predicted octanol–water partition coefficient (Wildman–Crippen LogP) is 6.07. The van der Waals surface area contributed by atoms with Gasteiger partial charge < -0.3 is 5.32 Å². The summed E-state index contributed by atoms with van der Waals surface area (Å²) in [4.78, 5) is 2.59. The van der Waals surface area contributed by atoms with E-state index in [2.05, 4.69) is 66.8 Å². The highest BCUT2D eigenvalue weighted by Gasteiger charge is 2.19. The van der Waals surface area contributed by atoms with Crippen LogP contribution in [0.5, 0.6) is 0 Å². The second-order valence-corrected chi connectivity index (χ2v) is 7.48. The molecule has 1 unspecified atom stereocenters. The summed E-state index contributed by atoms with van der Waals surface area (Å²) < 4.78 is 13.1. The highest BCUT2D eigenvalue weighted by atomic mass is 32.2. The van der Waals surface area contributed by atoms with Gasteiger partial charge in [0.05, 0.1) is 0 Å². The maximum atomic E-state index is 13.1. The smallest absolute Gasteiger partial charge is 0.123 e. The van der Waals surface area contributed by atoms with Crippen molar-refractivity contribution in [2.24, 2.45) is 0 Å². The van der Waals surface area contributed by atoms with Crippen molar-refractivity contribution in [3.63, 3.8) is 0 Å². The summed E-state index contributed by atoms with van der Waals surface area (Å²) >= 11 is 1.83. The first-order valence-corrected chi connectivity index (χ1v) is 9.59. The molecule has 3 heteroatoms. The average Bonchev–Trinajstić information content (AvgIpc) is 2.68. The van der Waals surface area contributed by atoms with Gasteiger partial charge in [-0.15, -0.1) is 0 Å². The lowest BCUT2D eigenvalue weighted by molar-refractivity contribution is 0.606. The third-order valence-corrected chi connectivity index (χ3v) is 5.83. The quantitative estimate of drug-likeness (QED) is 0.473. The Morgan fingerprint density at radius 2 is 1.46 bits per heavy atom. The van der Waals surface area contributed by atoms with Gasteiger partial charge in [0.15, 0.2) is 0 Å². The molecule has 1 aliphatic rings. The molecule has 1 N–H and O–H groups in total. The second kappa shape index (κ2) is 7.48. The van der Waals surface area contributed by atoms with Crippen molar-refractivity contribution in [1.29, 1.82) is 0 Å². The molecule has 3 aromatic carbocycles. The zero-order valence-electron chi connectivity index (χ0n) is 14.6. The molecule has 0 aliphatic carbocycles. The normalized spacial score (nSPS) is 13.7. The van der Waals surface area contributed by atoms with Gasteiger partial charge in [-0.2, -0.15) is 0 Å². The van der Waals surface area contributed by atoms with Gasteiger partial charge in [0.1, 0.15) is 5.82 Å². The van der Waals surface area contributed by atoms with Gasteiger partial charge in [0.2, 0.25) is 0 Å². The van der Waals surface area contributed by atoms with Crippen LogP contribution in [-0.2, 0) is 0 Å². The number of nitrogens with one attached hydrogen (secondary N) is 1. The minimum atomic E-state index is -0.198. The Labute approximate surface area is 158 Å². The van der Waals surface area contributed by atoms with Gasteiger partial charge in [0, 0.05) is 22.4 Å². The van der Waals surface area contributed by atoms with Crippen LogP contribution >= 0.6 is 11.8 Å². The first-order chi connectivity index (χ1) is 12.7. The molecule has 4 rings (SSSR count). The fourth-order valence-corrected chi connectivity index (χ4v) is 4.35. The van der Waals surface area contributed by atoms with Gasteiger partial charge in [-0.3, -0.25) is 0 Å². The van der Waals surface area contributed by atoms with E-state index in [0.29, 0.717) is 0 Å². The largest absolute Gasteiger partial charge is 0.307 e. The van der Waals surface area contributed by atoms with Crippen molar-refractivity contribution in [2.45, 2.75) is 22.8 Å². The molecule has 3 aromatic rings. The van der Waals surface area contributed by atoms with Crippen molar-refractivity contribution in [2.75, 3.05) is 6.54 Å². The topological polar surface area (TPSA) is 12.0 Å². The lowest BCUT2D eigenvalue weighted by Gasteiger charge is -2.22. The summed E-state index contributed by atoms with van der Waals surface area (Å²) in [5.74, 6) is -0.198. The van der Waals surface area contributed by atoms with Crippen LogP contribution in [0, 0.1) is 5.82 Å². The van der Waals surface area contributed by atoms with Crippen LogP contribution < -0.4 is 5.32 Å². The van der Waals surface area contributed by atoms with E-state index in [9.17, 15) is 4.39 Å². The number of fused-ring (bicyclic) bond motifs is 2. The molecule has 0 saturated heterocycles. The number of benzene rings is 3. The molecule has 0 amide bonds. The minimum Gasteiger partial charge on any atom is -0.307 e. The summed E-state index contributed by atoms with van der Waals surface area (Å²) in [6, 6.07) is 24.0. The summed E-state index contributed by atoms with van der Waals surface area (Å²) in [5.41, 5.74) is 4.93. The molecule has 0 radical (unpaired) electrons. The van der Waals surface area contributed by atoms with E-state index in [0.717, 1.165) is 12.1 Å². The predicted molar refractivity (Wildman–Crippen MR) is 107 cm³/mol. The second-order valence-electron chi connectivity index (χ2n) is 6.39. The Morgan fingerprint density at radius 1 is 0.885 bits per heavy atom. The molecule has 1 heterocycles.